The van der Waals surface area contributed by atoms with E-state index in [4.69, 9.17) is 4.74 Å². The molecule has 8 heteroatoms. The van der Waals surface area contributed by atoms with E-state index in [2.05, 4.69) is 6.92 Å². The van der Waals surface area contributed by atoms with Gasteiger partial charge in [0.05, 0.1) is 17.7 Å². The Morgan fingerprint density at radius 3 is 2.47 bits per heavy atom. The largest absolute Gasteiger partial charge is 0.512 e. The van der Waals surface area contributed by atoms with Crippen LogP contribution in [0.5, 0.6) is 5.06 Å². The number of halogens is 1. The number of carbonyl (C=O) groups is 2. The first kappa shape index (κ1) is 22.2. The minimum absolute atomic E-state index is 0.0718. The highest BCUT2D eigenvalue weighted by molar-refractivity contribution is 7.18. The average molecular weight is 436 g/mol. The zero-order valence-corrected chi connectivity index (χ0v) is 18.0. The minimum atomic E-state index is -1.48. The molecule has 1 fully saturated rings. The van der Waals surface area contributed by atoms with E-state index in [0.717, 1.165) is 17.8 Å². The number of rotatable bonds is 5. The van der Waals surface area contributed by atoms with Crippen molar-refractivity contribution in [3.8, 4) is 15.5 Å². The summed E-state index contributed by atoms with van der Waals surface area (Å²) in [7, 11) is 0. The number of aliphatic hydroxyl groups is 1. The third-order valence-corrected chi connectivity index (χ3v) is 6.45. The van der Waals surface area contributed by atoms with Gasteiger partial charge in [0.15, 0.2) is 0 Å². The SMILES string of the molecule is CC1CCC(C(=O)N(c2cc(-c3ccc(F)cc3)sc2OC(=O)O)C(C)C)C(O)C1. The molecule has 1 saturated carbocycles. The molecular formula is C22H26FNO5S. The normalized spacial score (nSPS) is 21.5. The van der Waals surface area contributed by atoms with Gasteiger partial charge in [-0.3, -0.25) is 4.79 Å². The molecule has 0 spiro atoms. The number of carbonyl (C=O) groups excluding carboxylic acids is 1. The number of hydrogen-bond donors (Lipinski definition) is 2. The zero-order chi connectivity index (χ0) is 22.0. The molecule has 1 heterocycles. The minimum Gasteiger partial charge on any atom is -0.449 e. The Kier molecular flexibility index (Phi) is 6.77. The van der Waals surface area contributed by atoms with Crippen molar-refractivity contribution in [3.05, 3.63) is 36.1 Å². The maximum Gasteiger partial charge on any atom is 0.512 e. The molecule has 6 nitrogen and oxygen atoms in total. The summed E-state index contributed by atoms with van der Waals surface area (Å²) in [5, 5.41) is 19.8. The Hall–Kier alpha value is -2.45. The van der Waals surface area contributed by atoms with Gasteiger partial charge in [0.1, 0.15) is 5.82 Å². The first-order valence-corrected chi connectivity index (χ1v) is 10.8. The molecule has 1 aromatic heterocycles. The van der Waals surface area contributed by atoms with Crippen LogP contribution in [0.25, 0.3) is 10.4 Å². The molecule has 2 N–H and O–H groups in total. The van der Waals surface area contributed by atoms with Crippen LogP contribution in [0.2, 0.25) is 0 Å². The van der Waals surface area contributed by atoms with Crippen LogP contribution in [0.3, 0.4) is 0 Å². The highest BCUT2D eigenvalue weighted by atomic mass is 32.1. The Bertz CT molecular complexity index is 911. The van der Waals surface area contributed by atoms with Gasteiger partial charge in [-0.05, 0) is 62.8 Å². The van der Waals surface area contributed by atoms with Crippen molar-refractivity contribution in [1.82, 2.24) is 0 Å². The van der Waals surface area contributed by atoms with Gasteiger partial charge in [0.2, 0.25) is 11.0 Å². The van der Waals surface area contributed by atoms with Crippen LogP contribution in [-0.2, 0) is 4.79 Å². The van der Waals surface area contributed by atoms with Crippen molar-refractivity contribution < 1.29 is 28.9 Å². The van der Waals surface area contributed by atoms with Crippen LogP contribution in [-0.4, -0.2) is 34.4 Å². The first-order chi connectivity index (χ1) is 14.2. The number of hydrogen-bond acceptors (Lipinski definition) is 5. The molecule has 1 aromatic carbocycles. The van der Waals surface area contributed by atoms with Crippen LogP contribution in [0, 0.1) is 17.7 Å². The van der Waals surface area contributed by atoms with E-state index in [0.29, 0.717) is 34.9 Å². The molecular weight excluding hydrogens is 409 g/mol. The number of carboxylic acid groups (broad SMARTS) is 1. The smallest absolute Gasteiger partial charge is 0.449 e. The average Bonchev–Trinajstić information content (AvgIpc) is 3.04. The number of thiophene rings is 1. The van der Waals surface area contributed by atoms with Gasteiger partial charge in [-0.1, -0.05) is 30.4 Å². The maximum atomic E-state index is 13.4. The highest BCUT2D eigenvalue weighted by Gasteiger charge is 2.37. The molecule has 0 aliphatic heterocycles. The highest BCUT2D eigenvalue weighted by Crippen LogP contribution is 2.45. The number of nitrogens with zero attached hydrogens (tertiary/aromatic N) is 1. The Labute approximate surface area is 178 Å². The van der Waals surface area contributed by atoms with Crippen molar-refractivity contribution in [2.75, 3.05) is 4.90 Å². The number of anilines is 1. The van der Waals surface area contributed by atoms with Gasteiger partial charge in [-0.15, -0.1) is 0 Å². The standard InChI is InChI=1S/C22H26FNO5S/c1-12(2)24(20(26)16-9-4-13(3)10-18(16)25)17-11-19(30-21(17)29-22(27)28)14-5-7-15(23)8-6-14/h5-8,11-13,16,18,25H,4,9-10H2,1-3H3,(H,27,28). The van der Waals surface area contributed by atoms with Gasteiger partial charge < -0.3 is 19.8 Å². The summed E-state index contributed by atoms with van der Waals surface area (Å²) in [6.07, 6.45) is -0.227. The monoisotopic (exact) mass is 435 g/mol. The number of ether oxygens (including phenoxy) is 1. The van der Waals surface area contributed by atoms with E-state index in [-0.39, 0.29) is 22.8 Å². The molecule has 30 heavy (non-hydrogen) atoms. The number of amides is 1. The van der Waals surface area contributed by atoms with Gasteiger partial charge in [-0.2, -0.15) is 0 Å². The third kappa shape index (κ3) is 4.82. The van der Waals surface area contributed by atoms with Crippen molar-refractivity contribution in [2.45, 2.75) is 52.2 Å². The molecule has 3 rings (SSSR count). The zero-order valence-electron chi connectivity index (χ0n) is 17.2. The molecule has 2 aromatic rings. The van der Waals surface area contributed by atoms with E-state index in [1.165, 1.54) is 17.0 Å². The van der Waals surface area contributed by atoms with Gasteiger partial charge in [0, 0.05) is 10.9 Å². The van der Waals surface area contributed by atoms with E-state index in [9.17, 15) is 24.2 Å². The van der Waals surface area contributed by atoms with Crippen molar-refractivity contribution in [1.29, 1.82) is 0 Å². The number of aliphatic hydroxyl groups excluding tert-OH is 1. The molecule has 0 radical (unpaired) electrons. The molecule has 0 saturated heterocycles. The Balaban J connectivity index is 2.01. The lowest BCUT2D eigenvalue weighted by molar-refractivity contribution is -0.128. The molecule has 1 amide bonds. The summed E-state index contributed by atoms with van der Waals surface area (Å²) >= 11 is 1.08. The van der Waals surface area contributed by atoms with Crippen LogP contribution < -0.4 is 9.64 Å². The van der Waals surface area contributed by atoms with Crippen molar-refractivity contribution in [3.63, 3.8) is 0 Å². The lowest BCUT2D eigenvalue weighted by Gasteiger charge is -2.36. The summed E-state index contributed by atoms with van der Waals surface area (Å²) < 4.78 is 18.3. The molecule has 1 aliphatic carbocycles. The number of benzene rings is 1. The lowest BCUT2D eigenvalue weighted by Crippen LogP contribution is -2.46. The van der Waals surface area contributed by atoms with Gasteiger partial charge in [0.25, 0.3) is 0 Å². The topological polar surface area (TPSA) is 87.1 Å². The predicted octanol–water partition coefficient (Wildman–Crippen LogP) is 5.15. The first-order valence-electron chi connectivity index (χ1n) is 9.99. The Morgan fingerprint density at radius 2 is 1.90 bits per heavy atom. The van der Waals surface area contributed by atoms with E-state index in [1.54, 1.807) is 18.2 Å². The Morgan fingerprint density at radius 1 is 1.23 bits per heavy atom. The fourth-order valence-corrected chi connectivity index (χ4v) is 4.91. The van der Waals surface area contributed by atoms with Crippen molar-refractivity contribution >= 4 is 29.1 Å². The van der Waals surface area contributed by atoms with Crippen molar-refractivity contribution in [2.24, 2.45) is 11.8 Å². The van der Waals surface area contributed by atoms with Crippen LogP contribution in [0.1, 0.15) is 40.0 Å². The van der Waals surface area contributed by atoms with E-state index < -0.39 is 18.2 Å². The maximum absolute atomic E-state index is 13.4. The fraction of sp³-hybridized carbons (Fsp3) is 0.455. The molecule has 3 atom stereocenters. The summed E-state index contributed by atoms with van der Waals surface area (Å²) in [5.41, 5.74) is 1.03. The molecule has 3 unspecified atom stereocenters. The molecule has 162 valence electrons. The van der Waals surface area contributed by atoms with E-state index in [1.807, 2.05) is 13.8 Å². The van der Waals surface area contributed by atoms with Crippen LogP contribution in [0.15, 0.2) is 30.3 Å². The quantitative estimate of drug-likeness (QED) is 0.634. The molecule has 0 bridgehead atoms. The summed E-state index contributed by atoms with van der Waals surface area (Å²) in [5.74, 6) is -0.815. The summed E-state index contributed by atoms with van der Waals surface area (Å²) in [6.45, 7) is 5.71. The summed E-state index contributed by atoms with van der Waals surface area (Å²) in [6, 6.07) is 7.21. The second-order valence-corrected chi connectivity index (χ2v) is 9.07. The van der Waals surface area contributed by atoms with E-state index >= 15 is 0 Å². The van der Waals surface area contributed by atoms with Crippen LogP contribution >= 0.6 is 11.3 Å². The van der Waals surface area contributed by atoms with Gasteiger partial charge in [-0.25, -0.2) is 9.18 Å². The fourth-order valence-electron chi connectivity index (χ4n) is 3.91. The third-order valence-electron chi connectivity index (χ3n) is 5.40. The lowest BCUT2D eigenvalue weighted by atomic mass is 9.80. The predicted molar refractivity (Wildman–Crippen MR) is 113 cm³/mol. The second-order valence-electron chi connectivity index (χ2n) is 8.05. The summed E-state index contributed by atoms with van der Waals surface area (Å²) in [4.78, 5) is 26.8. The molecule has 1 aliphatic rings. The van der Waals surface area contributed by atoms with Gasteiger partial charge >= 0.3 is 6.16 Å². The second kappa shape index (κ2) is 9.14. The van der Waals surface area contributed by atoms with Crippen LogP contribution in [0.4, 0.5) is 14.9 Å².